The molecule has 1 rings (SSSR count). The van der Waals surface area contributed by atoms with Gasteiger partial charge in [-0.3, -0.25) is 0 Å². The number of piperidine rings is 1. The molecule has 0 spiro atoms. The van der Waals surface area contributed by atoms with Crippen molar-refractivity contribution in [3.63, 3.8) is 0 Å². The van der Waals surface area contributed by atoms with Gasteiger partial charge in [-0.1, -0.05) is 33.1 Å². The molecule has 1 saturated heterocycles. The van der Waals surface area contributed by atoms with Crippen LogP contribution < -0.4 is 5.32 Å². The first-order valence-corrected chi connectivity index (χ1v) is 7.65. The van der Waals surface area contributed by atoms with Crippen LogP contribution in [-0.4, -0.2) is 26.3 Å². The molecule has 0 amide bonds. The molecule has 0 aliphatic carbocycles. The molecule has 1 atom stereocenters. The Kier molecular flexibility index (Phi) is 8.72. The van der Waals surface area contributed by atoms with Crippen LogP contribution in [0.5, 0.6) is 0 Å². The maximum Gasteiger partial charge on any atom is 0.0494 e. The Balaban J connectivity index is 1.97. The summed E-state index contributed by atoms with van der Waals surface area (Å²) < 4.78 is 5.87. The van der Waals surface area contributed by atoms with Crippen molar-refractivity contribution in [2.45, 2.75) is 58.8 Å². The largest absolute Gasteiger partial charge is 0.381 e. The van der Waals surface area contributed by atoms with Crippen molar-refractivity contribution >= 4 is 0 Å². The summed E-state index contributed by atoms with van der Waals surface area (Å²) in [6, 6.07) is 0. The molecule has 1 fully saturated rings. The van der Waals surface area contributed by atoms with Gasteiger partial charge in [-0.25, -0.2) is 0 Å². The van der Waals surface area contributed by atoms with Gasteiger partial charge in [0, 0.05) is 13.2 Å². The van der Waals surface area contributed by atoms with Gasteiger partial charge >= 0.3 is 0 Å². The van der Waals surface area contributed by atoms with Crippen LogP contribution in [0.2, 0.25) is 0 Å². The molecule has 1 N–H and O–H groups in total. The fraction of sp³-hybridized carbons (Fsp3) is 1.00. The fourth-order valence-corrected chi connectivity index (χ4v) is 2.57. The Bertz CT molecular complexity index is 166. The van der Waals surface area contributed by atoms with E-state index in [1.165, 1.54) is 58.0 Å². The standard InChI is InChI=1S/C15H31NO/c1-3-5-6-14(4-2)13-17-12-9-15-7-10-16-11-8-15/h14-16H,3-13H2,1-2H3. The van der Waals surface area contributed by atoms with E-state index in [0.29, 0.717) is 0 Å². The van der Waals surface area contributed by atoms with E-state index < -0.39 is 0 Å². The number of unbranched alkanes of at least 4 members (excludes halogenated alkanes) is 1. The van der Waals surface area contributed by atoms with Crippen LogP contribution in [0.4, 0.5) is 0 Å². The van der Waals surface area contributed by atoms with Crippen LogP contribution in [-0.2, 0) is 4.74 Å². The zero-order chi connectivity index (χ0) is 12.3. The van der Waals surface area contributed by atoms with Gasteiger partial charge in [-0.15, -0.1) is 0 Å². The Morgan fingerprint density at radius 2 is 2.00 bits per heavy atom. The van der Waals surface area contributed by atoms with Crippen molar-refractivity contribution in [1.82, 2.24) is 5.32 Å². The average molecular weight is 241 g/mol. The second-order valence-corrected chi connectivity index (χ2v) is 5.47. The summed E-state index contributed by atoms with van der Waals surface area (Å²) in [7, 11) is 0. The van der Waals surface area contributed by atoms with Gasteiger partial charge < -0.3 is 10.1 Å². The number of nitrogens with one attached hydrogen (secondary N) is 1. The van der Waals surface area contributed by atoms with E-state index in [2.05, 4.69) is 19.2 Å². The summed E-state index contributed by atoms with van der Waals surface area (Å²) in [5.41, 5.74) is 0. The Labute approximate surface area is 108 Å². The highest BCUT2D eigenvalue weighted by atomic mass is 16.5. The van der Waals surface area contributed by atoms with E-state index in [1.807, 2.05) is 0 Å². The molecule has 0 aromatic rings. The van der Waals surface area contributed by atoms with Gasteiger partial charge in [0.2, 0.25) is 0 Å². The molecule has 1 aliphatic rings. The lowest BCUT2D eigenvalue weighted by Gasteiger charge is -2.23. The van der Waals surface area contributed by atoms with E-state index in [4.69, 9.17) is 4.74 Å². The highest BCUT2D eigenvalue weighted by molar-refractivity contribution is 4.68. The van der Waals surface area contributed by atoms with Gasteiger partial charge in [0.1, 0.15) is 0 Å². The Hall–Kier alpha value is -0.0800. The summed E-state index contributed by atoms with van der Waals surface area (Å²) in [4.78, 5) is 0. The van der Waals surface area contributed by atoms with Crippen LogP contribution in [0.25, 0.3) is 0 Å². The predicted octanol–water partition coefficient (Wildman–Crippen LogP) is 3.61. The van der Waals surface area contributed by atoms with E-state index >= 15 is 0 Å². The molecule has 2 heteroatoms. The molecule has 0 bridgehead atoms. The molecule has 0 saturated carbocycles. The highest BCUT2D eigenvalue weighted by Crippen LogP contribution is 2.17. The van der Waals surface area contributed by atoms with Crippen molar-refractivity contribution in [2.75, 3.05) is 26.3 Å². The first-order chi connectivity index (χ1) is 8.36. The summed E-state index contributed by atoms with van der Waals surface area (Å²) in [5, 5.41) is 3.41. The first-order valence-electron chi connectivity index (χ1n) is 7.65. The van der Waals surface area contributed by atoms with Gasteiger partial charge in [-0.2, -0.15) is 0 Å². The topological polar surface area (TPSA) is 21.3 Å². The molecule has 102 valence electrons. The van der Waals surface area contributed by atoms with Crippen LogP contribution in [0.1, 0.15) is 58.8 Å². The lowest BCUT2D eigenvalue weighted by atomic mass is 9.95. The molecular weight excluding hydrogens is 210 g/mol. The maximum absolute atomic E-state index is 5.87. The van der Waals surface area contributed by atoms with Gasteiger partial charge in [0.05, 0.1) is 0 Å². The fourth-order valence-electron chi connectivity index (χ4n) is 2.57. The van der Waals surface area contributed by atoms with E-state index in [-0.39, 0.29) is 0 Å². The molecule has 1 unspecified atom stereocenters. The van der Waals surface area contributed by atoms with Crippen LogP contribution >= 0.6 is 0 Å². The molecule has 0 radical (unpaired) electrons. The van der Waals surface area contributed by atoms with Crippen LogP contribution in [0.15, 0.2) is 0 Å². The monoisotopic (exact) mass is 241 g/mol. The Morgan fingerprint density at radius 3 is 2.65 bits per heavy atom. The van der Waals surface area contributed by atoms with Gasteiger partial charge in [0.25, 0.3) is 0 Å². The second kappa shape index (κ2) is 9.90. The van der Waals surface area contributed by atoms with Gasteiger partial charge in [0.15, 0.2) is 0 Å². The summed E-state index contributed by atoms with van der Waals surface area (Å²) in [6.07, 6.45) is 9.24. The van der Waals surface area contributed by atoms with Gasteiger partial charge in [-0.05, 0) is 50.6 Å². The number of hydrogen-bond acceptors (Lipinski definition) is 2. The first kappa shape index (κ1) is 15.0. The second-order valence-electron chi connectivity index (χ2n) is 5.47. The molecule has 2 nitrogen and oxygen atoms in total. The third-order valence-corrected chi connectivity index (χ3v) is 4.03. The number of rotatable bonds is 9. The minimum Gasteiger partial charge on any atom is -0.381 e. The van der Waals surface area contributed by atoms with Crippen molar-refractivity contribution in [3.05, 3.63) is 0 Å². The van der Waals surface area contributed by atoms with Crippen molar-refractivity contribution < 1.29 is 4.74 Å². The van der Waals surface area contributed by atoms with E-state index in [0.717, 1.165) is 25.0 Å². The SMILES string of the molecule is CCCCC(CC)COCCC1CCNCC1. The molecule has 0 aromatic heterocycles. The maximum atomic E-state index is 5.87. The highest BCUT2D eigenvalue weighted by Gasteiger charge is 2.13. The molecular formula is C15H31NO. The van der Waals surface area contributed by atoms with Crippen molar-refractivity contribution in [3.8, 4) is 0 Å². The summed E-state index contributed by atoms with van der Waals surface area (Å²) >= 11 is 0. The normalized spacial score (nSPS) is 19.4. The summed E-state index contributed by atoms with van der Waals surface area (Å²) in [6.45, 7) is 8.94. The smallest absolute Gasteiger partial charge is 0.0494 e. The zero-order valence-electron chi connectivity index (χ0n) is 11.8. The number of hydrogen-bond donors (Lipinski definition) is 1. The van der Waals surface area contributed by atoms with E-state index in [1.54, 1.807) is 0 Å². The third-order valence-electron chi connectivity index (χ3n) is 4.03. The molecule has 17 heavy (non-hydrogen) atoms. The molecule has 1 aliphatic heterocycles. The van der Waals surface area contributed by atoms with Crippen molar-refractivity contribution in [1.29, 1.82) is 0 Å². The lowest BCUT2D eigenvalue weighted by Crippen LogP contribution is -2.28. The van der Waals surface area contributed by atoms with Crippen LogP contribution in [0, 0.1) is 11.8 Å². The van der Waals surface area contributed by atoms with Crippen LogP contribution in [0.3, 0.4) is 0 Å². The zero-order valence-corrected chi connectivity index (χ0v) is 11.8. The predicted molar refractivity (Wildman–Crippen MR) is 74.3 cm³/mol. The average Bonchev–Trinajstić information content (AvgIpc) is 2.39. The molecule has 1 heterocycles. The minimum atomic E-state index is 0.794. The van der Waals surface area contributed by atoms with Crippen molar-refractivity contribution in [2.24, 2.45) is 11.8 Å². The Morgan fingerprint density at radius 1 is 1.24 bits per heavy atom. The lowest BCUT2D eigenvalue weighted by molar-refractivity contribution is 0.0804. The minimum absolute atomic E-state index is 0.794. The third kappa shape index (κ3) is 7.05. The number of ether oxygens (including phenoxy) is 1. The summed E-state index contributed by atoms with van der Waals surface area (Å²) in [5.74, 6) is 1.70. The van der Waals surface area contributed by atoms with E-state index in [9.17, 15) is 0 Å². The molecule has 0 aromatic carbocycles. The quantitative estimate of drug-likeness (QED) is 0.623.